The fourth-order valence-electron chi connectivity index (χ4n) is 3.39. The lowest BCUT2D eigenvalue weighted by atomic mass is 10.0. The Labute approximate surface area is 195 Å². The third-order valence-electron chi connectivity index (χ3n) is 5.23. The zero-order valence-electron chi connectivity index (χ0n) is 19.7. The van der Waals surface area contributed by atoms with Crippen LogP contribution < -0.4 is 10.1 Å². The first-order valence-corrected chi connectivity index (χ1v) is 11.2. The number of phenols is 1. The first-order valence-electron chi connectivity index (χ1n) is 11.2. The average Bonchev–Trinajstić information content (AvgIpc) is 2.77. The van der Waals surface area contributed by atoms with Gasteiger partial charge in [0.15, 0.2) is 5.78 Å². The maximum Gasteiger partial charge on any atom is 0.344 e. The summed E-state index contributed by atoms with van der Waals surface area (Å²) in [7, 11) is 1.43. The predicted molar refractivity (Wildman–Crippen MR) is 125 cm³/mol. The minimum absolute atomic E-state index is 0.0160. The van der Waals surface area contributed by atoms with Crippen LogP contribution in [0.5, 0.6) is 11.5 Å². The van der Waals surface area contributed by atoms with Gasteiger partial charge in [-0.1, -0.05) is 51.3 Å². The minimum atomic E-state index is -1.12. The molecule has 1 amide bonds. The molecule has 0 aliphatic heterocycles. The molecule has 0 aromatic heterocycles. The molecule has 0 radical (unpaired) electrons. The van der Waals surface area contributed by atoms with E-state index >= 15 is 0 Å². The highest BCUT2D eigenvalue weighted by Gasteiger charge is 2.23. The second-order valence-corrected chi connectivity index (χ2v) is 8.38. The molecule has 0 aliphatic carbocycles. The molecule has 178 valence electrons. The molecule has 7 nitrogen and oxygen atoms in total. The van der Waals surface area contributed by atoms with Gasteiger partial charge < -0.3 is 19.9 Å². The number of para-hydroxylation sites is 1. The van der Waals surface area contributed by atoms with Crippen LogP contribution in [0, 0.1) is 5.92 Å². The van der Waals surface area contributed by atoms with E-state index in [0.29, 0.717) is 29.2 Å². The van der Waals surface area contributed by atoms with Crippen LogP contribution in [-0.4, -0.2) is 29.9 Å². The topological polar surface area (TPSA) is 102 Å². The normalized spacial score (nSPS) is 11.7. The highest BCUT2D eigenvalue weighted by molar-refractivity contribution is 5.97. The van der Waals surface area contributed by atoms with Gasteiger partial charge in [0.2, 0.25) is 12.1 Å². The van der Waals surface area contributed by atoms with Crippen molar-refractivity contribution in [2.75, 3.05) is 7.11 Å². The summed E-state index contributed by atoms with van der Waals surface area (Å²) in [5.41, 5.74) is 0.801. The van der Waals surface area contributed by atoms with Crippen molar-refractivity contribution in [1.82, 2.24) is 5.32 Å². The third-order valence-corrected chi connectivity index (χ3v) is 5.23. The van der Waals surface area contributed by atoms with Gasteiger partial charge in [0.25, 0.3) is 0 Å². The van der Waals surface area contributed by atoms with E-state index in [1.54, 1.807) is 30.3 Å². The van der Waals surface area contributed by atoms with Crippen molar-refractivity contribution in [1.29, 1.82) is 0 Å². The first kappa shape index (κ1) is 25.9. The van der Waals surface area contributed by atoms with E-state index in [1.807, 2.05) is 0 Å². The number of hydrogen-bond donors (Lipinski definition) is 2. The van der Waals surface area contributed by atoms with Gasteiger partial charge in [-0.3, -0.25) is 9.59 Å². The highest BCUT2D eigenvalue weighted by atomic mass is 16.6. The highest BCUT2D eigenvalue weighted by Crippen LogP contribution is 2.27. The largest absolute Gasteiger partial charge is 0.507 e. The Balaban J connectivity index is 2.19. The minimum Gasteiger partial charge on any atom is -0.507 e. The van der Waals surface area contributed by atoms with Crippen molar-refractivity contribution in [3.05, 3.63) is 59.2 Å². The maximum atomic E-state index is 12.7. The number of nitrogens with one attached hydrogen (secondary N) is 1. The Morgan fingerprint density at radius 3 is 2.36 bits per heavy atom. The second-order valence-electron chi connectivity index (χ2n) is 8.38. The maximum absolute atomic E-state index is 12.7. The van der Waals surface area contributed by atoms with Gasteiger partial charge in [0, 0.05) is 12.0 Å². The molecule has 0 aliphatic rings. The number of aromatic hydroxyl groups is 1. The fraction of sp³-hybridized carbons (Fsp3) is 0.423. The monoisotopic (exact) mass is 455 g/mol. The van der Waals surface area contributed by atoms with Gasteiger partial charge in [0.05, 0.1) is 12.7 Å². The molecule has 2 rings (SSSR count). The van der Waals surface area contributed by atoms with Crippen molar-refractivity contribution in [3.8, 4) is 11.5 Å². The van der Waals surface area contributed by atoms with Crippen LogP contribution in [0.3, 0.4) is 0 Å². The van der Waals surface area contributed by atoms with Gasteiger partial charge >= 0.3 is 5.97 Å². The lowest BCUT2D eigenvalue weighted by Crippen LogP contribution is -2.32. The molecule has 0 bridgehead atoms. The number of rotatable bonds is 12. The molecule has 1 atom stereocenters. The van der Waals surface area contributed by atoms with Crippen LogP contribution in [0.4, 0.5) is 0 Å². The number of ether oxygens (including phenoxy) is 2. The number of unbranched alkanes of at least 4 members (excludes halogenated alkanes) is 2. The molecule has 0 spiro atoms. The van der Waals surface area contributed by atoms with Crippen molar-refractivity contribution in [2.45, 2.75) is 59.1 Å². The van der Waals surface area contributed by atoms with E-state index in [0.717, 1.165) is 25.7 Å². The van der Waals surface area contributed by atoms with E-state index in [-0.39, 0.29) is 23.0 Å². The summed E-state index contributed by atoms with van der Waals surface area (Å²) >= 11 is 0. The van der Waals surface area contributed by atoms with Gasteiger partial charge in [-0.2, -0.15) is 0 Å². The van der Waals surface area contributed by atoms with E-state index in [9.17, 15) is 19.5 Å². The predicted octanol–water partition coefficient (Wildman–Crippen LogP) is 5.18. The molecule has 0 fully saturated rings. The van der Waals surface area contributed by atoms with Crippen molar-refractivity contribution >= 4 is 17.7 Å². The molecule has 0 heterocycles. The number of carbonyl (C=O) groups excluding carboxylic acids is 3. The number of esters is 1. The SMILES string of the molecule is COc1cc(C(NC(=O)CCCCCC(C)C)OC(=O)c2ccccc2O)ccc1C(C)=O. The molecule has 0 saturated heterocycles. The number of amides is 1. The van der Waals surface area contributed by atoms with Crippen LogP contribution in [0.25, 0.3) is 0 Å². The van der Waals surface area contributed by atoms with Crippen LogP contribution >= 0.6 is 0 Å². The molecular formula is C26H33NO6. The number of ketones is 1. The Bertz CT molecular complexity index is 969. The lowest BCUT2D eigenvalue weighted by molar-refractivity contribution is -0.124. The molecule has 2 N–H and O–H groups in total. The van der Waals surface area contributed by atoms with Gasteiger partial charge in [-0.25, -0.2) is 4.79 Å². The average molecular weight is 456 g/mol. The molecular weight excluding hydrogens is 422 g/mol. The van der Waals surface area contributed by atoms with Gasteiger partial charge in [0.1, 0.15) is 17.1 Å². The van der Waals surface area contributed by atoms with Crippen molar-refractivity contribution < 1.29 is 29.0 Å². The molecule has 33 heavy (non-hydrogen) atoms. The number of methoxy groups -OCH3 is 1. The standard InChI is InChI=1S/C26H33NO6/c1-17(2)10-6-5-7-13-24(30)27-25(33-26(31)21-11-8-9-12-22(21)29)19-14-15-20(18(3)28)23(16-19)32-4/h8-9,11-12,14-17,25,29H,5-7,10,13H2,1-4H3,(H,27,30). The quantitative estimate of drug-likeness (QED) is 0.198. The zero-order chi connectivity index (χ0) is 24.4. The van der Waals surface area contributed by atoms with E-state index in [1.165, 1.54) is 26.2 Å². The number of Topliss-reactive ketones (excluding diaryl/α,β-unsaturated/α-hetero) is 1. The van der Waals surface area contributed by atoms with Gasteiger partial charge in [-0.15, -0.1) is 0 Å². The van der Waals surface area contributed by atoms with E-state index in [2.05, 4.69) is 19.2 Å². The summed E-state index contributed by atoms with van der Waals surface area (Å²) in [6.07, 6.45) is 3.02. The van der Waals surface area contributed by atoms with E-state index < -0.39 is 12.2 Å². The van der Waals surface area contributed by atoms with Crippen molar-refractivity contribution in [2.24, 2.45) is 5.92 Å². The number of carbonyl (C=O) groups is 3. The molecule has 7 heteroatoms. The number of hydrogen-bond acceptors (Lipinski definition) is 6. The summed E-state index contributed by atoms with van der Waals surface area (Å²) in [5.74, 6) is -0.500. The summed E-state index contributed by atoms with van der Waals surface area (Å²) in [6.45, 7) is 5.76. The molecule has 2 aromatic rings. The van der Waals surface area contributed by atoms with Crippen LogP contribution in [0.2, 0.25) is 0 Å². The van der Waals surface area contributed by atoms with Crippen LogP contribution in [0.1, 0.15) is 85.4 Å². The zero-order valence-corrected chi connectivity index (χ0v) is 19.7. The first-order chi connectivity index (χ1) is 15.7. The molecule has 1 unspecified atom stereocenters. The second kappa shape index (κ2) is 12.6. The Hall–Kier alpha value is -3.35. The number of phenolic OH excluding ortho intramolecular Hbond substituents is 1. The number of benzene rings is 2. The van der Waals surface area contributed by atoms with Crippen LogP contribution in [0.15, 0.2) is 42.5 Å². The summed E-state index contributed by atoms with van der Waals surface area (Å²) in [6, 6.07) is 10.7. The van der Waals surface area contributed by atoms with Gasteiger partial charge in [-0.05, 0) is 43.5 Å². The third kappa shape index (κ3) is 7.93. The summed E-state index contributed by atoms with van der Waals surface area (Å²) in [5, 5.41) is 12.7. The Morgan fingerprint density at radius 1 is 1.00 bits per heavy atom. The van der Waals surface area contributed by atoms with Crippen molar-refractivity contribution in [3.63, 3.8) is 0 Å². The molecule has 0 saturated carbocycles. The Kier molecular flexibility index (Phi) is 9.91. The summed E-state index contributed by atoms with van der Waals surface area (Å²) < 4.78 is 10.9. The fourth-order valence-corrected chi connectivity index (χ4v) is 3.39. The molecule has 2 aromatic carbocycles. The van der Waals surface area contributed by atoms with Crippen LogP contribution in [-0.2, 0) is 9.53 Å². The van der Waals surface area contributed by atoms with E-state index in [4.69, 9.17) is 9.47 Å². The Morgan fingerprint density at radius 2 is 1.73 bits per heavy atom. The lowest BCUT2D eigenvalue weighted by Gasteiger charge is -2.21. The smallest absolute Gasteiger partial charge is 0.344 e. The summed E-state index contributed by atoms with van der Waals surface area (Å²) in [4.78, 5) is 37.1.